The highest BCUT2D eigenvalue weighted by molar-refractivity contribution is 7.17. The summed E-state index contributed by atoms with van der Waals surface area (Å²) in [5.41, 5.74) is 8.25. The highest BCUT2D eigenvalue weighted by Gasteiger charge is 2.16. The number of nitrogens with two attached hydrogens (primary N) is 1. The van der Waals surface area contributed by atoms with Crippen LogP contribution in [-0.2, 0) is 6.61 Å². The van der Waals surface area contributed by atoms with Gasteiger partial charge >= 0.3 is 0 Å². The first-order valence-corrected chi connectivity index (χ1v) is 9.55. The molecule has 0 saturated carbocycles. The van der Waals surface area contributed by atoms with E-state index in [4.69, 9.17) is 10.5 Å². The molecule has 0 aliphatic rings. The van der Waals surface area contributed by atoms with Gasteiger partial charge in [0.1, 0.15) is 22.9 Å². The molecule has 0 saturated heterocycles. The van der Waals surface area contributed by atoms with E-state index < -0.39 is 11.8 Å². The highest BCUT2D eigenvalue weighted by Crippen LogP contribution is 2.23. The van der Waals surface area contributed by atoms with Crippen molar-refractivity contribution in [3.63, 3.8) is 0 Å². The predicted molar refractivity (Wildman–Crippen MR) is 109 cm³/mol. The van der Waals surface area contributed by atoms with Crippen molar-refractivity contribution in [1.82, 2.24) is 14.4 Å². The number of ether oxygens (including phenoxy) is 1. The number of para-hydroxylation sites is 1. The zero-order valence-corrected chi connectivity index (χ0v) is 16.3. The van der Waals surface area contributed by atoms with E-state index in [1.165, 1.54) is 6.20 Å². The van der Waals surface area contributed by atoms with Crippen LogP contribution in [0.2, 0.25) is 0 Å². The molecular weight excluding hydrogens is 390 g/mol. The van der Waals surface area contributed by atoms with Crippen molar-refractivity contribution >= 4 is 33.9 Å². The molecule has 0 aliphatic carbocycles. The molecule has 9 heteroatoms. The number of amides is 2. The third-order valence-electron chi connectivity index (χ3n) is 4.20. The van der Waals surface area contributed by atoms with Gasteiger partial charge in [0.2, 0.25) is 0 Å². The molecule has 0 atom stereocenters. The topological polar surface area (TPSA) is 112 Å². The number of rotatable bonds is 6. The Labute approximate surface area is 170 Å². The average molecular weight is 407 g/mol. The number of aromatic nitrogens is 3. The number of thiazole rings is 1. The first-order chi connectivity index (χ1) is 14.0. The van der Waals surface area contributed by atoms with E-state index in [-0.39, 0.29) is 16.6 Å². The lowest BCUT2D eigenvalue weighted by Crippen LogP contribution is -2.13. The van der Waals surface area contributed by atoms with Gasteiger partial charge in [-0.3, -0.25) is 14.9 Å². The molecular formula is C20H17N5O3S. The molecule has 29 heavy (non-hydrogen) atoms. The van der Waals surface area contributed by atoms with Gasteiger partial charge in [-0.2, -0.15) is 0 Å². The second kappa shape index (κ2) is 7.72. The minimum atomic E-state index is -0.588. The lowest BCUT2D eigenvalue weighted by molar-refractivity contribution is 0.1000. The van der Waals surface area contributed by atoms with Crippen molar-refractivity contribution in [3.05, 3.63) is 76.7 Å². The van der Waals surface area contributed by atoms with Crippen molar-refractivity contribution in [2.24, 2.45) is 5.73 Å². The molecule has 0 unspecified atom stereocenters. The summed E-state index contributed by atoms with van der Waals surface area (Å²) in [6.45, 7) is 2.21. The van der Waals surface area contributed by atoms with Crippen molar-refractivity contribution in [2.75, 3.05) is 5.32 Å². The van der Waals surface area contributed by atoms with Crippen LogP contribution >= 0.6 is 11.3 Å². The lowest BCUT2D eigenvalue weighted by Gasteiger charge is -2.09. The van der Waals surface area contributed by atoms with Gasteiger partial charge in [-0.25, -0.2) is 9.97 Å². The Hall–Kier alpha value is -3.72. The number of carbonyl (C=O) groups excluding carboxylic acids is 2. The largest absolute Gasteiger partial charge is 0.486 e. The quantitative estimate of drug-likeness (QED) is 0.510. The molecule has 0 spiro atoms. The van der Waals surface area contributed by atoms with Crippen LogP contribution in [0.25, 0.3) is 5.65 Å². The maximum absolute atomic E-state index is 12.7. The number of hydrogen-bond donors (Lipinski definition) is 2. The number of nitrogens with zero attached hydrogens (tertiary/aromatic N) is 3. The van der Waals surface area contributed by atoms with Gasteiger partial charge in [0.15, 0.2) is 5.13 Å². The molecule has 3 N–H and O–H groups in total. The minimum absolute atomic E-state index is 0.217. The van der Waals surface area contributed by atoms with Gasteiger partial charge in [0, 0.05) is 12.4 Å². The average Bonchev–Trinajstić information content (AvgIpc) is 3.34. The van der Waals surface area contributed by atoms with Crippen molar-refractivity contribution in [3.8, 4) is 5.75 Å². The molecule has 4 rings (SSSR count). The Kier molecular flexibility index (Phi) is 4.96. The van der Waals surface area contributed by atoms with Gasteiger partial charge in [0.25, 0.3) is 11.8 Å². The predicted octanol–water partition coefficient (Wildman–Crippen LogP) is 3.03. The summed E-state index contributed by atoms with van der Waals surface area (Å²) < 4.78 is 7.80. The maximum atomic E-state index is 12.7. The molecule has 146 valence electrons. The number of anilines is 1. The number of carbonyl (C=O) groups is 2. The van der Waals surface area contributed by atoms with Crippen molar-refractivity contribution in [1.29, 1.82) is 0 Å². The van der Waals surface area contributed by atoms with E-state index >= 15 is 0 Å². The Morgan fingerprint density at radius 2 is 2.07 bits per heavy atom. The number of benzene rings is 1. The molecule has 1 aromatic carbocycles. The first-order valence-electron chi connectivity index (χ1n) is 8.73. The summed E-state index contributed by atoms with van der Waals surface area (Å²) in [6, 6.07) is 10.8. The molecule has 3 aromatic heterocycles. The van der Waals surface area contributed by atoms with Crippen LogP contribution in [0.5, 0.6) is 5.75 Å². The number of pyridine rings is 1. The van der Waals surface area contributed by atoms with Crippen LogP contribution in [-0.4, -0.2) is 26.2 Å². The van der Waals surface area contributed by atoms with Gasteiger partial charge < -0.3 is 14.9 Å². The van der Waals surface area contributed by atoms with Gasteiger partial charge in [-0.1, -0.05) is 29.5 Å². The fourth-order valence-electron chi connectivity index (χ4n) is 2.82. The summed E-state index contributed by atoms with van der Waals surface area (Å²) in [5.74, 6) is -0.559. The van der Waals surface area contributed by atoms with E-state index in [1.807, 2.05) is 35.9 Å². The van der Waals surface area contributed by atoms with E-state index in [2.05, 4.69) is 15.3 Å². The summed E-state index contributed by atoms with van der Waals surface area (Å²) in [6.07, 6.45) is 5.15. The number of primary amides is 1. The molecule has 0 radical (unpaired) electrons. The third kappa shape index (κ3) is 3.94. The molecule has 0 bridgehead atoms. The number of nitrogens with one attached hydrogen (secondary N) is 1. The summed E-state index contributed by atoms with van der Waals surface area (Å²) in [4.78, 5) is 32.7. The molecule has 8 nitrogen and oxygen atoms in total. The van der Waals surface area contributed by atoms with E-state index in [1.54, 1.807) is 24.3 Å². The smallest absolute Gasteiger partial charge is 0.261 e. The fraction of sp³-hybridized carbons (Fsp3) is 0.100. The van der Waals surface area contributed by atoms with Crippen LogP contribution in [0.3, 0.4) is 0 Å². The normalized spacial score (nSPS) is 10.8. The number of aryl methyl sites for hydroxylation is 1. The van der Waals surface area contributed by atoms with E-state index in [9.17, 15) is 9.59 Å². The molecule has 3 heterocycles. The first kappa shape index (κ1) is 18.6. The van der Waals surface area contributed by atoms with Crippen LogP contribution in [0.15, 0.2) is 55.0 Å². The fourth-order valence-corrected chi connectivity index (χ4v) is 3.48. The van der Waals surface area contributed by atoms with Crippen LogP contribution < -0.4 is 15.8 Å². The van der Waals surface area contributed by atoms with Gasteiger partial charge in [-0.05, 0) is 30.7 Å². The minimum Gasteiger partial charge on any atom is -0.486 e. The summed E-state index contributed by atoms with van der Waals surface area (Å²) in [5, 5.41) is 2.95. The molecule has 0 fully saturated rings. The number of hydrogen-bond acceptors (Lipinski definition) is 6. The van der Waals surface area contributed by atoms with Crippen LogP contribution in [0, 0.1) is 6.92 Å². The molecule has 4 aromatic rings. The van der Waals surface area contributed by atoms with Crippen molar-refractivity contribution in [2.45, 2.75) is 13.5 Å². The molecule has 0 aliphatic heterocycles. The summed E-state index contributed by atoms with van der Waals surface area (Å²) >= 11 is 1.01. The van der Waals surface area contributed by atoms with Crippen LogP contribution in [0.1, 0.15) is 31.3 Å². The SMILES string of the molecule is Cc1cccn2cc(COc3ccccc3C(=O)Nc3ncc(C(N)=O)s3)nc12. The monoisotopic (exact) mass is 407 g/mol. The number of imidazole rings is 1. The van der Waals surface area contributed by atoms with Gasteiger partial charge in [-0.15, -0.1) is 0 Å². The van der Waals surface area contributed by atoms with Gasteiger partial charge in [0.05, 0.1) is 17.5 Å². The standard InChI is InChI=1S/C20H17N5O3S/c1-12-5-4-8-25-10-13(23-18(12)25)11-28-15-7-3-2-6-14(15)19(27)24-20-22-9-16(29-20)17(21)26/h2-10H,11H2,1H3,(H2,21,26)(H,22,24,27). The summed E-state index contributed by atoms with van der Waals surface area (Å²) in [7, 11) is 0. The molecule has 2 amide bonds. The Bertz CT molecular complexity index is 1210. The second-order valence-electron chi connectivity index (χ2n) is 6.29. The number of fused-ring (bicyclic) bond motifs is 1. The zero-order chi connectivity index (χ0) is 20.4. The second-order valence-corrected chi connectivity index (χ2v) is 7.32. The van der Waals surface area contributed by atoms with Crippen molar-refractivity contribution < 1.29 is 14.3 Å². The van der Waals surface area contributed by atoms with Crippen LogP contribution in [0.4, 0.5) is 5.13 Å². The third-order valence-corrected chi connectivity index (χ3v) is 5.13. The Balaban J connectivity index is 1.50. The Morgan fingerprint density at radius 3 is 2.83 bits per heavy atom. The van der Waals surface area contributed by atoms with E-state index in [0.717, 1.165) is 28.2 Å². The Morgan fingerprint density at radius 1 is 1.24 bits per heavy atom. The van der Waals surface area contributed by atoms with E-state index in [0.29, 0.717) is 11.3 Å². The maximum Gasteiger partial charge on any atom is 0.261 e. The lowest BCUT2D eigenvalue weighted by atomic mass is 10.2. The zero-order valence-electron chi connectivity index (χ0n) is 15.5. The highest BCUT2D eigenvalue weighted by atomic mass is 32.1.